The van der Waals surface area contributed by atoms with Gasteiger partial charge in [0.15, 0.2) is 0 Å². The Bertz CT molecular complexity index is 58.9. The van der Waals surface area contributed by atoms with Crippen LogP contribution in [0.2, 0.25) is 0 Å². The fourth-order valence-electron chi connectivity index (χ4n) is 0.0745. The van der Waals surface area contributed by atoms with E-state index in [4.69, 9.17) is 0 Å². The molecule has 0 bridgehead atoms. The Kier molecular flexibility index (Phi) is 4.07. The van der Waals surface area contributed by atoms with Crippen LogP contribution in [0, 0.1) is 5.21 Å². The van der Waals surface area contributed by atoms with Gasteiger partial charge in [0.2, 0.25) is 0 Å². The van der Waals surface area contributed by atoms with Gasteiger partial charge in [-0.25, -0.2) is 0 Å². The van der Waals surface area contributed by atoms with Crippen LogP contribution < -0.4 is 5.39 Å². The summed E-state index contributed by atoms with van der Waals surface area (Å²) in [6, 6.07) is 0. The number of hydrogen-bond donors (Lipinski definition) is 1. The first-order valence-electron chi connectivity index (χ1n) is 1.43. The number of nitrogens with zero attached hydrogens (tertiary/aromatic N) is 1. The Labute approximate surface area is 42.6 Å². The molecular weight excluding hydrogens is 119 g/mol. The van der Waals surface area contributed by atoms with Crippen molar-refractivity contribution in [3.8, 4) is 0 Å². The molecule has 0 heterocycles. The monoisotopic (exact) mass is 124 g/mol. The van der Waals surface area contributed by atoms with Crippen molar-refractivity contribution in [2.45, 2.75) is 0 Å². The average molecular weight is 124 g/mol. The summed E-state index contributed by atoms with van der Waals surface area (Å²) in [7, 11) is 3.73. The minimum absolute atomic E-state index is 0.838. The Morgan fingerprint density at radius 1 is 1.86 bits per heavy atom. The largest absolute Gasteiger partial charge is 0.564 e. The molecule has 0 radical (unpaired) electrons. The predicted octanol–water partition coefficient (Wildman–Crippen LogP) is -0.896. The highest BCUT2D eigenvalue weighted by Crippen LogP contribution is 1.64. The van der Waals surface area contributed by atoms with E-state index in [9.17, 15) is 5.21 Å². The van der Waals surface area contributed by atoms with Gasteiger partial charge in [-0.05, 0) is 4.94 Å². The van der Waals surface area contributed by atoms with Crippen LogP contribution in [0.15, 0.2) is 4.91 Å². The second-order valence-corrected chi connectivity index (χ2v) is 0.819. The minimum atomic E-state index is -0.838. The fourth-order valence-corrected chi connectivity index (χ4v) is 0.149. The smallest absolute Gasteiger partial charge is 0.100 e. The van der Waals surface area contributed by atoms with Crippen LogP contribution in [0.4, 0.5) is 0 Å². The number of rotatable bonds is 3. The first-order chi connectivity index (χ1) is 3.31. The van der Waals surface area contributed by atoms with Gasteiger partial charge in [0.25, 0.3) is 0 Å². The molecule has 0 aliphatic rings. The first kappa shape index (κ1) is 6.94. The lowest BCUT2D eigenvalue weighted by Crippen LogP contribution is -3.04. The summed E-state index contributed by atoms with van der Waals surface area (Å²) in [6.45, 7) is 0. The van der Waals surface area contributed by atoms with E-state index >= 15 is 0 Å². The third kappa shape index (κ3) is 3.78. The lowest BCUT2D eigenvalue weighted by atomic mass is 11.7. The summed E-state index contributed by atoms with van der Waals surface area (Å²) in [5.41, 5.74) is 0. The van der Waals surface area contributed by atoms with Crippen molar-refractivity contribution < 1.29 is 15.2 Å². The van der Waals surface area contributed by atoms with Crippen molar-refractivity contribution >= 4 is 9.03 Å². The van der Waals surface area contributed by atoms with E-state index in [-0.39, 0.29) is 0 Å². The van der Waals surface area contributed by atoms with Gasteiger partial charge in [-0.15, -0.1) is 0 Å². The Morgan fingerprint density at radius 2 is 2.43 bits per heavy atom. The molecule has 0 amide bonds. The molecule has 1 atom stereocenters. The van der Waals surface area contributed by atoms with Gasteiger partial charge in [0, 0.05) is 9.03 Å². The van der Waals surface area contributed by atoms with Crippen molar-refractivity contribution in [3.05, 3.63) is 5.21 Å². The van der Waals surface area contributed by atoms with Crippen LogP contribution in [-0.2, 0) is 9.78 Å². The Morgan fingerprint density at radius 3 is 2.57 bits per heavy atom. The van der Waals surface area contributed by atoms with Crippen LogP contribution in [0.5, 0.6) is 0 Å². The zero-order chi connectivity index (χ0) is 5.70. The highest BCUT2D eigenvalue weighted by molar-refractivity contribution is 7.03. The van der Waals surface area contributed by atoms with Gasteiger partial charge < -0.3 is 5.21 Å². The molecule has 1 N–H and O–H groups in total. The number of nitrogens with one attached hydrogen (secondary N) is 1. The van der Waals surface area contributed by atoms with E-state index in [1.807, 2.05) is 0 Å². The summed E-state index contributed by atoms with van der Waals surface area (Å²) in [6.07, 6.45) is 0. The van der Waals surface area contributed by atoms with E-state index in [1.54, 1.807) is 0 Å². The summed E-state index contributed by atoms with van der Waals surface area (Å²) in [5, 5.41) is 9.00. The molecule has 0 fully saturated rings. The second-order valence-electron chi connectivity index (χ2n) is 0.637. The molecule has 0 saturated carbocycles. The van der Waals surface area contributed by atoms with E-state index in [1.165, 1.54) is 7.11 Å². The maximum Gasteiger partial charge on any atom is 0.100 e. The molecule has 0 aromatic rings. The summed E-state index contributed by atoms with van der Waals surface area (Å²) in [5.74, 6) is 0. The van der Waals surface area contributed by atoms with Crippen molar-refractivity contribution in [2.75, 3.05) is 7.11 Å². The molecule has 6 heteroatoms. The molecule has 0 aromatic carbocycles. The lowest BCUT2D eigenvalue weighted by molar-refractivity contribution is -1.21. The number of quaternary nitrogens is 1. The Balaban J connectivity index is 2.98. The van der Waals surface area contributed by atoms with E-state index in [0.29, 0.717) is 0 Å². The maximum atomic E-state index is 9.84. The summed E-state index contributed by atoms with van der Waals surface area (Å²) >= 11 is 0. The third-order valence-electron chi connectivity index (χ3n) is 0.287. The van der Waals surface area contributed by atoms with Gasteiger partial charge in [0.1, 0.15) is 7.11 Å². The number of hydrogen-bond acceptors (Lipinski definition) is 4. The Hall–Kier alpha value is -0.0600. The molecule has 42 valence electrons. The normalized spacial score (nSPS) is 13.4. The molecule has 1 unspecified atom stereocenters. The zero-order valence-corrected chi connectivity index (χ0v) is 4.67. The molecule has 0 saturated heterocycles. The second kappa shape index (κ2) is 4.11. The zero-order valence-electron chi connectivity index (χ0n) is 3.67. The highest BCUT2D eigenvalue weighted by atomic mass is 31.0. The van der Waals surface area contributed by atoms with Crippen LogP contribution >= 0.6 is 9.03 Å². The summed E-state index contributed by atoms with van der Waals surface area (Å²) < 4.78 is 0. The third-order valence-corrected chi connectivity index (χ3v) is 0.378. The molecular formula is CH5N2O3P. The van der Waals surface area contributed by atoms with Crippen molar-refractivity contribution in [3.63, 3.8) is 0 Å². The molecule has 0 spiro atoms. The first-order valence-corrected chi connectivity index (χ1v) is 1.87. The lowest BCUT2D eigenvalue weighted by Gasteiger charge is -2.07. The maximum absolute atomic E-state index is 9.84. The quantitative estimate of drug-likeness (QED) is 0.392. The van der Waals surface area contributed by atoms with Gasteiger partial charge in [-0.3, -0.25) is 0 Å². The van der Waals surface area contributed by atoms with Gasteiger partial charge >= 0.3 is 0 Å². The van der Waals surface area contributed by atoms with Crippen LogP contribution in [0.25, 0.3) is 0 Å². The van der Waals surface area contributed by atoms with Gasteiger partial charge in [0.05, 0.1) is 0 Å². The average Bonchev–Trinajstić information content (AvgIpc) is 1.68. The summed E-state index contributed by atoms with van der Waals surface area (Å²) in [4.78, 5) is 10.7. The van der Waals surface area contributed by atoms with Gasteiger partial charge in [-0.2, -0.15) is 4.84 Å². The molecule has 0 aliphatic carbocycles. The fraction of sp³-hybridized carbons (Fsp3) is 1.00. The molecule has 0 aliphatic heterocycles. The van der Waals surface area contributed by atoms with E-state index in [2.05, 4.69) is 23.7 Å². The van der Waals surface area contributed by atoms with Crippen LogP contribution in [0.1, 0.15) is 0 Å². The van der Waals surface area contributed by atoms with Crippen molar-refractivity contribution in [1.82, 2.24) is 0 Å². The van der Waals surface area contributed by atoms with Gasteiger partial charge in [-0.1, -0.05) is 10.3 Å². The predicted molar refractivity (Wildman–Crippen MR) is 23.2 cm³/mol. The highest BCUT2D eigenvalue weighted by Gasteiger charge is 1.85. The SMILES string of the molecule is CO[NH+]([O-])ON=P. The van der Waals surface area contributed by atoms with Crippen LogP contribution in [0.3, 0.4) is 0 Å². The molecule has 5 nitrogen and oxygen atoms in total. The molecule has 0 rings (SSSR count). The molecule has 7 heavy (non-hydrogen) atoms. The topological polar surface area (TPSA) is 58.3 Å². The standard InChI is InChI=1S/CH5N2O3P/c1-5-3(4)6-2-7/h3,7H,1H3. The van der Waals surface area contributed by atoms with Crippen LogP contribution in [-0.4, -0.2) is 7.11 Å². The van der Waals surface area contributed by atoms with Crippen molar-refractivity contribution in [1.29, 1.82) is 0 Å². The minimum Gasteiger partial charge on any atom is -0.564 e. The van der Waals surface area contributed by atoms with E-state index < -0.39 is 5.39 Å². The van der Waals surface area contributed by atoms with Crippen molar-refractivity contribution in [2.24, 2.45) is 4.91 Å². The molecule has 0 aromatic heterocycles. The van der Waals surface area contributed by atoms with E-state index in [0.717, 1.165) is 0 Å².